The van der Waals surface area contributed by atoms with Crippen molar-refractivity contribution >= 4 is 0 Å². The monoisotopic (exact) mass is 290 g/mol. The fourth-order valence-electron chi connectivity index (χ4n) is 3.22. The topological polar surface area (TPSA) is 35.5 Å². The van der Waals surface area contributed by atoms with E-state index in [1.807, 2.05) is 0 Å². The number of aliphatic hydroxyl groups excluding tert-OH is 1. The van der Waals surface area contributed by atoms with Crippen LogP contribution in [0, 0.1) is 13.8 Å². The van der Waals surface area contributed by atoms with Gasteiger partial charge in [0.25, 0.3) is 0 Å². The van der Waals surface area contributed by atoms with Gasteiger partial charge >= 0.3 is 0 Å². The number of nitrogens with one attached hydrogen (secondary N) is 1. The molecule has 0 amide bonds. The standard InChI is InChI=1S/C18H30N2O/c1-13(2)19-16-7-9-20(10-8-16)12-18(21)17-11-14(3)5-6-15(17)4/h5-6,11,13,16,18-19,21H,7-10,12H2,1-4H3. The second kappa shape index (κ2) is 7.39. The summed E-state index contributed by atoms with van der Waals surface area (Å²) in [6, 6.07) is 7.52. The van der Waals surface area contributed by atoms with Crippen molar-refractivity contribution in [3.8, 4) is 0 Å². The van der Waals surface area contributed by atoms with Gasteiger partial charge in [-0.2, -0.15) is 0 Å². The molecule has 21 heavy (non-hydrogen) atoms. The molecule has 1 aromatic carbocycles. The Morgan fingerprint density at radius 2 is 1.90 bits per heavy atom. The van der Waals surface area contributed by atoms with E-state index in [0.29, 0.717) is 12.1 Å². The lowest BCUT2D eigenvalue weighted by Crippen LogP contribution is -2.45. The molecule has 0 saturated carbocycles. The minimum atomic E-state index is -0.375. The molecule has 2 N–H and O–H groups in total. The highest BCUT2D eigenvalue weighted by Crippen LogP contribution is 2.22. The molecule has 1 fully saturated rings. The zero-order valence-corrected chi connectivity index (χ0v) is 13.9. The van der Waals surface area contributed by atoms with Crippen molar-refractivity contribution in [2.24, 2.45) is 0 Å². The van der Waals surface area contributed by atoms with Gasteiger partial charge in [0.1, 0.15) is 0 Å². The van der Waals surface area contributed by atoms with Crippen molar-refractivity contribution in [1.29, 1.82) is 0 Å². The lowest BCUT2D eigenvalue weighted by Gasteiger charge is -2.34. The summed E-state index contributed by atoms with van der Waals surface area (Å²) in [7, 11) is 0. The number of rotatable bonds is 5. The number of nitrogens with zero attached hydrogens (tertiary/aromatic N) is 1. The first-order valence-electron chi connectivity index (χ1n) is 8.19. The van der Waals surface area contributed by atoms with Crippen LogP contribution in [0.4, 0.5) is 0 Å². The van der Waals surface area contributed by atoms with Crippen LogP contribution in [0.25, 0.3) is 0 Å². The van der Waals surface area contributed by atoms with E-state index in [-0.39, 0.29) is 6.10 Å². The average Bonchev–Trinajstić information content (AvgIpc) is 2.43. The van der Waals surface area contributed by atoms with Gasteiger partial charge in [-0.05, 0) is 50.9 Å². The van der Waals surface area contributed by atoms with Crippen LogP contribution < -0.4 is 5.32 Å². The van der Waals surface area contributed by atoms with Crippen LogP contribution in [0.15, 0.2) is 18.2 Å². The molecule has 0 spiro atoms. The molecule has 0 radical (unpaired) electrons. The number of likely N-dealkylation sites (tertiary alicyclic amines) is 1. The molecule has 118 valence electrons. The van der Waals surface area contributed by atoms with Crippen LogP contribution in [0.1, 0.15) is 49.5 Å². The molecule has 0 aliphatic carbocycles. The van der Waals surface area contributed by atoms with Crippen LogP contribution in [0.3, 0.4) is 0 Å². The lowest BCUT2D eigenvalue weighted by molar-refractivity contribution is 0.0929. The third-order valence-corrected chi connectivity index (χ3v) is 4.38. The summed E-state index contributed by atoms with van der Waals surface area (Å²) >= 11 is 0. The predicted octanol–water partition coefficient (Wildman–Crippen LogP) is 2.80. The molecule has 1 aliphatic rings. The molecule has 1 aromatic rings. The predicted molar refractivity (Wildman–Crippen MR) is 88.6 cm³/mol. The minimum absolute atomic E-state index is 0.375. The normalized spacial score (nSPS) is 19.1. The highest BCUT2D eigenvalue weighted by atomic mass is 16.3. The zero-order valence-electron chi connectivity index (χ0n) is 13.9. The Bertz CT molecular complexity index is 451. The van der Waals surface area contributed by atoms with Crippen LogP contribution in [0.2, 0.25) is 0 Å². The van der Waals surface area contributed by atoms with Crippen molar-refractivity contribution in [3.05, 3.63) is 34.9 Å². The molecular formula is C18H30N2O. The Hall–Kier alpha value is -0.900. The van der Waals surface area contributed by atoms with Crippen LogP contribution in [-0.2, 0) is 0 Å². The summed E-state index contributed by atoms with van der Waals surface area (Å²) in [6.07, 6.45) is 1.98. The molecule has 1 aliphatic heterocycles. The quantitative estimate of drug-likeness (QED) is 0.875. The highest BCUT2D eigenvalue weighted by molar-refractivity contribution is 5.32. The van der Waals surface area contributed by atoms with Crippen molar-refractivity contribution in [1.82, 2.24) is 10.2 Å². The van der Waals surface area contributed by atoms with Gasteiger partial charge in [-0.15, -0.1) is 0 Å². The Labute approximate surface area is 129 Å². The van der Waals surface area contributed by atoms with Crippen LogP contribution in [0.5, 0.6) is 0 Å². The summed E-state index contributed by atoms with van der Waals surface area (Å²) in [5.41, 5.74) is 3.48. The van der Waals surface area contributed by atoms with Gasteiger partial charge in [0.15, 0.2) is 0 Å². The average molecular weight is 290 g/mol. The Morgan fingerprint density at radius 3 is 2.52 bits per heavy atom. The number of aliphatic hydroxyl groups is 1. The molecule has 1 saturated heterocycles. The number of benzene rings is 1. The third-order valence-electron chi connectivity index (χ3n) is 4.38. The van der Waals surface area contributed by atoms with Crippen molar-refractivity contribution < 1.29 is 5.11 Å². The maximum atomic E-state index is 10.5. The zero-order chi connectivity index (χ0) is 15.4. The molecule has 1 heterocycles. The molecular weight excluding hydrogens is 260 g/mol. The van der Waals surface area contributed by atoms with E-state index in [0.717, 1.165) is 25.2 Å². The first-order valence-corrected chi connectivity index (χ1v) is 8.19. The van der Waals surface area contributed by atoms with Gasteiger partial charge in [-0.25, -0.2) is 0 Å². The van der Waals surface area contributed by atoms with E-state index in [2.05, 4.69) is 56.1 Å². The third kappa shape index (κ3) is 4.80. The van der Waals surface area contributed by atoms with E-state index in [9.17, 15) is 5.11 Å². The molecule has 0 bridgehead atoms. The number of hydrogen-bond donors (Lipinski definition) is 2. The molecule has 1 unspecified atom stereocenters. The van der Waals surface area contributed by atoms with Gasteiger partial charge in [0.05, 0.1) is 6.10 Å². The van der Waals surface area contributed by atoms with E-state index in [4.69, 9.17) is 0 Å². The van der Waals surface area contributed by atoms with E-state index in [1.54, 1.807) is 0 Å². The van der Waals surface area contributed by atoms with Crippen molar-refractivity contribution in [2.45, 2.75) is 58.7 Å². The Kier molecular flexibility index (Phi) is 5.80. The van der Waals surface area contributed by atoms with Gasteiger partial charge < -0.3 is 15.3 Å². The highest BCUT2D eigenvalue weighted by Gasteiger charge is 2.22. The second-order valence-corrected chi connectivity index (χ2v) is 6.77. The maximum Gasteiger partial charge on any atom is 0.0919 e. The van der Waals surface area contributed by atoms with Crippen molar-refractivity contribution in [2.75, 3.05) is 19.6 Å². The van der Waals surface area contributed by atoms with Gasteiger partial charge in [0.2, 0.25) is 0 Å². The summed E-state index contributed by atoms with van der Waals surface area (Å²) in [4.78, 5) is 2.39. The van der Waals surface area contributed by atoms with E-state index >= 15 is 0 Å². The molecule has 1 atom stereocenters. The summed E-state index contributed by atoms with van der Waals surface area (Å²) < 4.78 is 0. The Balaban J connectivity index is 1.87. The largest absolute Gasteiger partial charge is 0.387 e. The first kappa shape index (κ1) is 16.5. The minimum Gasteiger partial charge on any atom is -0.387 e. The van der Waals surface area contributed by atoms with Gasteiger partial charge in [-0.1, -0.05) is 37.6 Å². The van der Waals surface area contributed by atoms with Gasteiger partial charge in [0, 0.05) is 18.6 Å². The molecule has 3 nitrogen and oxygen atoms in total. The SMILES string of the molecule is Cc1ccc(C)c(C(O)CN2CCC(NC(C)C)CC2)c1. The first-order chi connectivity index (χ1) is 9.95. The number of hydrogen-bond acceptors (Lipinski definition) is 3. The lowest BCUT2D eigenvalue weighted by atomic mass is 9.99. The van der Waals surface area contributed by atoms with Crippen LogP contribution in [-0.4, -0.2) is 41.7 Å². The molecule has 2 rings (SSSR count). The van der Waals surface area contributed by atoms with E-state index in [1.165, 1.54) is 24.0 Å². The van der Waals surface area contributed by atoms with Gasteiger partial charge in [-0.3, -0.25) is 0 Å². The number of aryl methyl sites for hydroxylation is 2. The summed E-state index contributed by atoms with van der Waals surface area (Å²) in [5.74, 6) is 0. The summed E-state index contributed by atoms with van der Waals surface area (Å²) in [6.45, 7) is 11.5. The maximum absolute atomic E-state index is 10.5. The molecule has 0 aromatic heterocycles. The second-order valence-electron chi connectivity index (χ2n) is 6.77. The van der Waals surface area contributed by atoms with E-state index < -0.39 is 0 Å². The van der Waals surface area contributed by atoms with Crippen molar-refractivity contribution in [3.63, 3.8) is 0 Å². The number of β-amino-alcohol motifs (C(OH)–C–C–N with tert-alkyl or cyclic N) is 1. The summed E-state index contributed by atoms with van der Waals surface area (Å²) in [5, 5.41) is 14.1. The fraction of sp³-hybridized carbons (Fsp3) is 0.667. The Morgan fingerprint density at radius 1 is 1.24 bits per heavy atom. The smallest absolute Gasteiger partial charge is 0.0919 e. The van der Waals surface area contributed by atoms with Crippen LogP contribution >= 0.6 is 0 Å². The fourth-order valence-corrected chi connectivity index (χ4v) is 3.22. The number of piperidine rings is 1. The molecule has 3 heteroatoms.